The van der Waals surface area contributed by atoms with E-state index in [0.717, 1.165) is 45.6 Å². The molecule has 1 N–H and O–H groups in total. The van der Waals surface area contributed by atoms with Crippen molar-refractivity contribution in [3.63, 3.8) is 0 Å². The molecule has 3 aromatic carbocycles. The van der Waals surface area contributed by atoms with Gasteiger partial charge in [-0.1, -0.05) is 42.5 Å². The van der Waals surface area contributed by atoms with Crippen LogP contribution in [0.15, 0.2) is 54.6 Å². The number of carbonyl (C=O) groups excluding carboxylic acids is 1. The number of fused-ring (bicyclic) bond motifs is 1. The van der Waals surface area contributed by atoms with Crippen LogP contribution in [0, 0.1) is 20.8 Å². The summed E-state index contributed by atoms with van der Waals surface area (Å²) in [5.74, 6) is 0.792. The highest BCUT2D eigenvalue weighted by molar-refractivity contribution is 5.91. The van der Waals surface area contributed by atoms with Gasteiger partial charge in [-0.05, 0) is 80.5 Å². The van der Waals surface area contributed by atoms with Crippen LogP contribution in [-0.4, -0.2) is 23.3 Å². The van der Waals surface area contributed by atoms with Crippen molar-refractivity contribution in [2.75, 3.05) is 6.61 Å². The number of esters is 1. The second-order valence-electron chi connectivity index (χ2n) is 8.61. The zero-order valence-corrected chi connectivity index (χ0v) is 18.5. The van der Waals surface area contributed by atoms with E-state index in [-0.39, 0.29) is 12.6 Å². The van der Waals surface area contributed by atoms with E-state index < -0.39 is 5.60 Å². The first-order valence-corrected chi connectivity index (χ1v) is 10.6. The van der Waals surface area contributed by atoms with Gasteiger partial charge >= 0.3 is 5.97 Å². The molecule has 0 radical (unpaired) electrons. The summed E-state index contributed by atoms with van der Waals surface area (Å²) < 4.78 is 12.0. The Hall–Kier alpha value is -3.27. The maximum atomic E-state index is 12.8. The lowest BCUT2D eigenvalue weighted by atomic mass is 9.87. The minimum Gasteiger partial charge on any atom is -0.507 e. The van der Waals surface area contributed by atoms with Gasteiger partial charge in [-0.3, -0.25) is 0 Å². The van der Waals surface area contributed by atoms with Crippen LogP contribution in [0.1, 0.15) is 46.0 Å². The summed E-state index contributed by atoms with van der Waals surface area (Å²) in [6.07, 6.45) is 1.48. The van der Waals surface area contributed by atoms with Crippen molar-refractivity contribution in [1.82, 2.24) is 0 Å². The fourth-order valence-corrected chi connectivity index (χ4v) is 4.15. The molecule has 1 heterocycles. The van der Waals surface area contributed by atoms with E-state index in [4.69, 9.17) is 9.47 Å². The highest BCUT2D eigenvalue weighted by Gasteiger charge is 2.36. The summed E-state index contributed by atoms with van der Waals surface area (Å²) in [6.45, 7) is 7.92. The van der Waals surface area contributed by atoms with Gasteiger partial charge in [0.1, 0.15) is 23.7 Å². The smallest absolute Gasteiger partial charge is 0.338 e. The Bertz CT molecular complexity index is 1130. The zero-order chi connectivity index (χ0) is 22.2. The van der Waals surface area contributed by atoms with Gasteiger partial charge in [-0.15, -0.1) is 0 Å². The predicted molar refractivity (Wildman–Crippen MR) is 122 cm³/mol. The first-order chi connectivity index (χ1) is 14.8. The van der Waals surface area contributed by atoms with E-state index >= 15 is 0 Å². The predicted octanol–water partition coefficient (Wildman–Crippen LogP) is 5.93. The molecular weight excluding hydrogens is 388 g/mol. The van der Waals surface area contributed by atoms with Crippen LogP contribution in [0.25, 0.3) is 11.1 Å². The molecule has 4 rings (SSSR count). The average molecular weight is 417 g/mol. The number of benzene rings is 3. The second-order valence-corrected chi connectivity index (χ2v) is 8.61. The number of ether oxygens (including phenoxy) is 2. The van der Waals surface area contributed by atoms with E-state index in [2.05, 4.69) is 0 Å². The highest BCUT2D eigenvalue weighted by atomic mass is 16.6. The zero-order valence-electron chi connectivity index (χ0n) is 18.5. The fourth-order valence-electron chi connectivity index (χ4n) is 4.15. The quantitative estimate of drug-likeness (QED) is 0.536. The minimum atomic E-state index is -0.611. The van der Waals surface area contributed by atoms with Crippen LogP contribution < -0.4 is 4.74 Å². The van der Waals surface area contributed by atoms with Crippen molar-refractivity contribution in [1.29, 1.82) is 0 Å². The molecule has 1 aliphatic rings. The molecule has 0 fully saturated rings. The fraction of sp³-hybridized carbons (Fsp3) is 0.296. The number of hydrogen-bond donors (Lipinski definition) is 1. The van der Waals surface area contributed by atoms with Crippen molar-refractivity contribution < 1.29 is 19.4 Å². The Morgan fingerprint density at radius 2 is 1.71 bits per heavy atom. The summed E-state index contributed by atoms with van der Waals surface area (Å²) in [4.78, 5) is 12.8. The Morgan fingerprint density at radius 1 is 1.00 bits per heavy atom. The van der Waals surface area contributed by atoms with Crippen molar-refractivity contribution in [2.24, 2.45) is 0 Å². The van der Waals surface area contributed by atoms with Gasteiger partial charge in [0.15, 0.2) is 0 Å². The van der Waals surface area contributed by atoms with Crippen LogP contribution in [0.2, 0.25) is 0 Å². The summed E-state index contributed by atoms with van der Waals surface area (Å²) in [5.41, 5.74) is 5.62. The first kappa shape index (κ1) is 21.0. The van der Waals surface area contributed by atoms with Crippen LogP contribution in [-0.2, 0) is 11.2 Å². The van der Waals surface area contributed by atoms with Crippen LogP contribution in [0.4, 0.5) is 0 Å². The highest BCUT2D eigenvalue weighted by Crippen LogP contribution is 2.43. The van der Waals surface area contributed by atoms with Crippen molar-refractivity contribution in [2.45, 2.75) is 46.1 Å². The number of carbonyl (C=O) groups is 1. The lowest BCUT2D eigenvalue weighted by Gasteiger charge is -2.37. The maximum absolute atomic E-state index is 12.8. The molecule has 1 atom stereocenters. The number of aromatic hydroxyl groups is 1. The molecular formula is C27H28O4. The lowest BCUT2D eigenvalue weighted by Crippen LogP contribution is -2.42. The van der Waals surface area contributed by atoms with Crippen molar-refractivity contribution in [3.05, 3.63) is 82.4 Å². The first-order valence-electron chi connectivity index (χ1n) is 10.6. The Morgan fingerprint density at radius 3 is 2.45 bits per heavy atom. The van der Waals surface area contributed by atoms with Gasteiger partial charge in [0.05, 0.1) is 5.56 Å². The SMILES string of the molecule is Cc1c(C)c2c(c(C)c1O)CCC(C)(COC(=O)c1cccc(-c3ccccc3)c1)O2. The largest absolute Gasteiger partial charge is 0.507 e. The molecule has 0 aliphatic carbocycles. The van der Waals surface area contributed by atoms with Gasteiger partial charge in [0, 0.05) is 5.56 Å². The summed E-state index contributed by atoms with van der Waals surface area (Å²) >= 11 is 0. The van der Waals surface area contributed by atoms with Gasteiger partial charge in [-0.2, -0.15) is 0 Å². The molecule has 0 bridgehead atoms. The summed E-state index contributed by atoms with van der Waals surface area (Å²) in [6, 6.07) is 17.4. The van der Waals surface area contributed by atoms with Crippen molar-refractivity contribution >= 4 is 5.97 Å². The third-order valence-corrected chi connectivity index (χ3v) is 6.31. The topological polar surface area (TPSA) is 55.8 Å². The molecule has 3 aromatic rings. The molecule has 1 unspecified atom stereocenters. The number of phenolic OH excluding ortho intramolecular Hbond substituents is 1. The molecule has 4 heteroatoms. The van der Waals surface area contributed by atoms with E-state index in [1.807, 2.05) is 76.2 Å². The summed E-state index contributed by atoms with van der Waals surface area (Å²) in [7, 11) is 0. The molecule has 31 heavy (non-hydrogen) atoms. The third-order valence-electron chi connectivity index (χ3n) is 6.31. The molecule has 160 valence electrons. The third kappa shape index (κ3) is 4.02. The lowest BCUT2D eigenvalue weighted by molar-refractivity contribution is -0.0164. The van der Waals surface area contributed by atoms with Crippen LogP contribution >= 0.6 is 0 Å². The average Bonchev–Trinajstić information content (AvgIpc) is 2.80. The van der Waals surface area contributed by atoms with Crippen LogP contribution in [0.3, 0.4) is 0 Å². The Labute approximate surface area is 183 Å². The Kier molecular flexibility index (Phi) is 5.48. The van der Waals surface area contributed by atoms with Gasteiger partial charge < -0.3 is 14.6 Å². The van der Waals surface area contributed by atoms with E-state index in [9.17, 15) is 9.90 Å². The van der Waals surface area contributed by atoms with Gasteiger partial charge in [-0.25, -0.2) is 4.79 Å². The van der Waals surface area contributed by atoms with E-state index in [1.54, 1.807) is 6.07 Å². The minimum absolute atomic E-state index is 0.166. The molecule has 0 aromatic heterocycles. The second kappa shape index (κ2) is 8.10. The molecule has 1 aliphatic heterocycles. The Balaban J connectivity index is 1.50. The number of phenols is 1. The van der Waals surface area contributed by atoms with Crippen LogP contribution in [0.5, 0.6) is 11.5 Å². The number of hydrogen-bond acceptors (Lipinski definition) is 4. The standard InChI is InChI=1S/C27H28O4/c1-17-18(2)25-23(19(3)24(17)28)13-14-27(4,31-25)16-30-26(29)22-12-8-11-21(15-22)20-9-6-5-7-10-20/h5-12,15,28H,13-14,16H2,1-4H3. The van der Waals surface area contributed by atoms with Gasteiger partial charge in [0.2, 0.25) is 0 Å². The van der Waals surface area contributed by atoms with E-state index in [1.165, 1.54) is 0 Å². The van der Waals surface area contributed by atoms with Gasteiger partial charge in [0.25, 0.3) is 0 Å². The molecule has 0 saturated carbocycles. The maximum Gasteiger partial charge on any atom is 0.338 e. The molecule has 4 nitrogen and oxygen atoms in total. The summed E-state index contributed by atoms with van der Waals surface area (Å²) in [5, 5.41) is 10.4. The normalized spacial score (nSPS) is 17.5. The molecule has 0 amide bonds. The number of rotatable bonds is 4. The molecule has 0 saturated heterocycles. The molecule has 0 spiro atoms. The monoisotopic (exact) mass is 416 g/mol. The van der Waals surface area contributed by atoms with Crippen molar-refractivity contribution in [3.8, 4) is 22.6 Å². The van der Waals surface area contributed by atoms with E-state index in [0.29, 0.717) is 17.7 Å².